The van der Waals surface area contributed by atoms with Gasteiger partial charge in [-0.1, -0.05) is 18.2 Å². The lowest BCUT2D eigenvalue weighted by atomic mass is 10.3. The molecule has 1 aromatic carbocycles. The van der Waals surface area contributed by atoms with E-state index in [2.05, 4.69) is 5.10 Å². The van der Waals surface area contributed by atoms with Gasteiger partial charge >= 0.3 is 0 Å². The molecule has 1 aliphatic heterocycles. The Balaban J connectivity index is 2.45. The van der Waals surface area contributed by atoms with E-state index in [1.165, 1.54) is 12.1 Å². The van der Waals surface area contributed by atoms with E-state index in [0.717, 1.165) is 4.41 Å². The van der Waals surface area contributed by atoms with Gasteiger partial charge in [0.1, 0.15) is 0 Å². The van der Waals surface area contributed by atoms with Crippen LogP contribution >= 0.6 is 0 Å². The van der Waals surface area contributed by atoms with Crippen LogP contribution in [0.25, 0.3) is 0 Å². The van der Waals surface area contributed by atoms with Crippen LogP contribution in [-0.4, -0.2) is 44.5 Å². The first kappa shape index (κ1) is 16.0. The molecule has 1 atom stereocenters. The third-order valence-corrected chi connectivity index (χ3v) is 6.60. The molecule has 1 saturated heterocycles. The monoisotopic (exact) mass is 330 g/mol. The highest BCUT2D eigenvalue weighted by Gasteiger charge is 2.38. The molecule has 8 heteroatoms. The van der Waals surface area contributed by atoms with Gasteiger partial charge in [0.05, 0.1) is 22.4 Å². The quantitative estimate of drug-likeness (QED) is 0.614. The predicted octanol–water partition coefficient (Wildman–Crippen LogP) is 1.26. The molecule has 0 unspecified atom stereocenters. The molecule has 1 aromatic rings. The Labute approximate surface area is 125 Å². The molecule has 0 N–H and O–H groups in total. The van der Waals surface area contributed by atoms with Gasteiger partial charge in [-0.05, 0) is 32.4 Å². The van der Waals surface area contributed by atoms with Gasteiger partial charge in [-0.3, -0.25) is 0 Å². The number of sulfonamides is 1. The first-order chi connectivity index (χ1) is 9.72. The summed E-state index contributed by atoms with van der Waals surface area (Å²) in [5.74, 6) is -0.188. The van der Waals surface area contributed by atoms with Gasteiger partial charge in [0.25, 0.3) is 10.0 Å². The summed E-state index contributed by atoms with van der Waals surface area (Å²) in [4.78, 5) is 0.110. The second-order valence-electron chi connectivity index (χ2n) is 5.19. The number of rotatable bonds is 4. The molecule has 0 aromatic heterocycles. The molecule has 21 heavy (non-hydrogen) atoms. The summed E-state index contributed by atoms with van der Waals surface area (Å²) < 4.78 is 49.6. The Morgan fingerprint density at radius 1 is 1.24 bits per heavy atom. The number of benzene rings is 1. The summed E-state index contributed by atoms with van der Waals surface area (Å²) in [6, 6.07) is 7.28. The van der Waals surface area contributed by atoms with Crippen molar-refractivity contribution in [3.63, 3.8) is 0 Å². The van der Waals surface area contributed by atoms with Crippen LogP contribution < -0.4 is 0 Å². The molecule has 0 radical (unpaired) electrons. The van der Waals surface area contributed by atoms with Crippen molar-refractivity contribution in [3.8, 4) is 0 Å². The van der Waals surface area contributed by atoms with Crippen LogP contribution in [0.3, 0.4) is 0 Å². The van der Waals surface area contributed by atoms with Crippen LogP contribution in [0, 0.1) is 0 Å². The molecule has 0 aliphatic carbocycles. The average Bonchev–Trinajstić information content (AvgIpc) is 2.76. The van der Waals surface area contributed by atoms with Gasteiger partial charge in [-0.25, -0.2) is 8.42 Å². The first-order valence-corrected chi connectivity index (χ1v) is 9.80. The summed E-state index contributed by atoms with van der Waals surface area (Å²) in [6.45, 7) is 3.36. The minimum Gasteiger partial charge on any atom is -0.229 e. The zero-order valence-electron chi connectivity index (χ0n) is 11.9. The number of hydrogen-bond donors (Lipinski definition) is 0. The number of nitrogens with zero attached hydrogens (tertiary/aromatic N) is 2. The largest absolute Gasteiger partial charge is 0.279 e. The Hall–Kier alpha value is -1.41. The minimum atomic E-state index is -3.85. The van der Waals surface area contributed by atoms with Crippen LogP contribution in [0.1, 0.15) is 20.3 Å². The summed E-state index contributed by atoms with van der Waals surface area (Å²) >= 11 is 0. The van der Waals surface area contributed by atoms with E-state index in [4.69, 9.17) is 0 Å². The second-order valence-corrected chi connectivity index (χ2v) is 9.22. The molecular weight excluding hydrogens is 312 g/mol. The van der Waals surface area contributed by atoms with Crippen LogP contribution in [0.4, 0.5) is 0 Å². The van der Waals surface area contributed by atoms with Gasteiger partial charge in [-0.2, -0.15) is 17.9 Å². The smallest absolute Gasteiger partial charge is 0.229 e. The fourth-order valence-corrected chi connectivity index (χ4v) is 5.53. The SMILES string of the molecule is CC(C)=NN([C@@H]1CCS(=O)(=O)C1)S(=O)(=O)c1ccccc1. The third-order valence-electron chi connectivity index (χ3n) is 3.11. The van der Waals surface area contributed by atoms with Crippen molar-refractivity contribution in [2.45, 2.75) is 31.2 Å². The highest BCUT2D eigenvalue weighted by molar-refractivity contribution is 7.92. The van der Waals surface area contributed by atoms with E-state index in [1.807, 2.05) is 0 Å². The fourth-order valence-electron chi connectivity index (χ4n) is 2.18. The fraction of sp³-hybridized carbons (Fsp3) is 0.462. The van der Waals surface area contributed by atoms with Gasteiger partial charge < -0.3 is 0 Å². The predicted molar refractivity (Wildman–Crippen MR) is 81.3 cm³/mol. The minimum absolute atomic E-state index is 0.00322. The van der Waals surface area contributed by atoms with Crippen molar-refractivity contribution in [2.75, 3.05) is 11.5 Å². The van der Waals surface area contributed by atoms with Gasteiger partial charge in [0.15, 0.2) is 9.84 Å². The maximum absolute atomic E-state index is 12.7. The van der Waals surface area contributed by atoms with Crippen molar-refractivity contribution in [1.82, 2.24) is 4.41 Å². The molecule has 116 valence electrons. The van der Waals surface area contributed by atoms with Crippen molar-refractivity contribution in [1.29, 1.82) is 0 Å². The Kier molecular flexibility index (Phi) is 4.38. The third kappa shape index (κ3) is 3.62. The van der Waals surface area contributed by atoms with E-state index in [1.54, 1.807) is 32.0 Å². The molecular formula is C13H18N2O4S2. The summed E-state index contributed by atoms with van der Waals surface area (Å²) in [6.07, 6.45) is 0.269. The van der Waals surface area contributed by atoms with Crippen LogP contribution in [-0.2, 0) is 19.9 Å². The molecule has 0 saturated carbocycles. The molecule has 2 rings (SSSR count). The normalized spacial score (nSPS) is 21.0. The molecule has 6 nitrogen and oxygen atoms in total. The standard InChI is InChI=1S/C13H18N2O4S2/c1-11(2)14-15(12-8-9-20(16,17)10-12)21(18,19)13-6-4-3-5-7-13/h3-7,12H,8-10H2,1-2H3/t12-/m1/s1. The lowest BCUT2D eigenvalue weighted by Crippen LogP contribution is -2.37. The summed E-state index contributed by atoms with van der Waals surface area (Å²) in [5, 5.41) is 4.07. The highest BCUT2D eigenvalue weighted by Crippen LogP contribution is 2.25. The van der Waals surface area contributed by atoms with Gasteiger partial charge in [0, 0.05) is 5.71 Å². The van der Waals surface area contributed by atoms with Crippen molar-refractivity contribution in [2.24, 2.45) is 5.10 Å². The van der Waals surface area contributed by atoms with Crippen molar-refractivity contribution < 1.29 is 16.8 Å². The van der Waals surface area contributed by atoms with Gasteiger partial charge in [0.2, 0.25) is 0 Å². The summed E-state index contributed by atoms with van der Waals surface area (Å²) in [5.41, 5.74) is 0.554. The van der Waals surface area contributed by atoms with Crippen molar-refractivity contribution in [3.05, 3.63) is 30.3 Å². The van der Waals surface area contributed by atoms with Gasteiger partial charge in [-0.15, -0.1) is 0 Å². The van der Waals surface area contributed by atoms with Crippen molar-refractivity contribution >= 4 is 25.6 Å². The first-order valence-electron chi connectivity index (χ1n) is 6.54. The zero-order chi connectivity index (χ0) is 15.7. The molecule has 0 amide bonds. The Morgan fingerprint density at radius 2 is 1.86 bits per heavy atom. The lowest BCUT2D eigenvalue weighted by molar-refractivity contribution is 0.355. The number of sulfone groups is 1. The maximum atomic E-state index is 12.7. The van der Waals surface area contributed by atoms with Crippen LogP contribution in [0.2, 0.25) is 0 Å². The van der Waals surface area contributed by atoms with E-state index in [0.29, 0.717) is 5.71 Å². The van der Waals surface area contributed by atoms with E-state index >= 15 is 0 Å². The molecule has 0 bridgehead atoms. The van der Waals surface area contributed by atoms with E-state index in [9.17, 15) is 16.8 Å². The summed E-state index contributed by atoms with van der Waals surface area (Å²) in [7, 11) is -7.04. The molecule has 0 spiro atoms. The molecule has 1 fully saturated rings. The lowest BCUT2D eigenvalue weighted by Gasteiger charge is -2.25. The number of hydrogen-bond acceptors (Lipinski definition) is 5. The Bertz CT molecular complexity index is 736. The zero-order valence-corrected chi connectivity index (χ0v) is 13.6. The molecule has 1 aliphatic rings. The van der Waals surface area contributed by atoms with E-state index < -0.39 is 25.9 Å². The Morgan fingerprint density at radius 3 is 2.33 bits per heavy atom. The van der Waals surface area contributed by atoms with E-state index in [-0.39, 0.29) is 22.8 Å². The van der Waals surface area contributed by atoms with Crippen LogP contribution in [0.15, 0.2) is 40.3 Å². The maximum Gasteiger partial charge on any atom is 0.279 e. The topological polar surface area (TPSA) is 83.9 Å². The second kappa shape index (κ2) is 5.76. The highest BCUT2D eigenvalue weighted by atomic mass is 32.2. The van der Waals surface area contributed by atoms with Crippen LogP contribution in [0.5, 0.6) is 0 Å². The average molecular weight is 330 g/mol. The number of hydrazone groups is 1. The molecule has 1 heterocycles.